The second-order valence-electron chi connectivity index (χ2n) is 6.82. The Bertz CT molecular complexity index is 739. The van der Waals surface area contributed by atoms with Crippen molar-refractivity contribution >= 4 is 5.91 Å². The quantitative estimate of drug-likeness (QED) is 0.860. The van der Waals surface area contributed by atoms with E-state index in [1.807, 2.05) is 6.92 Å². The lowest BCUT2D eigenvalue weighted by atomic mass is 9.90. The predicted octanol–water partition coefficient (Wildman–Crippen LogP) is 3.13. The maximum absolute atomic E-state index is 12.5. The highest BCUT2D eigenvalue weighted by Gasteiger charge is 2.33. The van der Waals surface area contributed by atoms with Crippen molar-refractivity contribution in [3.63, 3.8) is 0 Å². The molecule has 1 fully saturated rings. The van der Waals surface area contributed by atoms with Gasteiger partial charge in [0.05, 0.1) is 6.54 Å². The van der Waals surface area contributed by atoms with Gasteiger partial charge in [0.2, 0.25) is 12.2 Å². The summed E-state index contributed by atoms with van der Waals surface area (Å²) < 4.78 is 42.1. The normalized spacial score (nSPS) is 17.6. The van der Waals surface area contributed by atoms with Crippen LogP contribution in [0.25, 0.3) is 11.4 Å². The number of benzene rings is 1. The Morgan fingerprint density at radius 2 is 1.96 bits per heavy atom. The molecular weight excluding hydrogens is 361 g/mol. The molecule has 0 bridgehead atoms. The maximum Gasteiger partial charge on any atom is 0.401 e. The molecule has 27 heavy (non-hydrogen) atoms. The fourth-order valence-electron chi connectivity index (χ4n) is 3.34. The largest absolute Gasteiger partial charge is 0.401 e. The average Bonchev–Trinajstić information content (AvgIpc) is 3.15. The van der Waals surface area contributed by atoms with E-state index in [2.05, 4.69) is 15.5 Å². The Labute approximate surface area is 154 Å². The Morgan fingerprint density at radius 1 is 1.30 bits per heavy atom. The minimum Gasteiger partial charge on any atom is -0.349 e. The van der Waals surface area contributed by atoms with E-state index in [4.69, 9.17) is 4.52 Å². The highest BCUT2D eigenvalue weighted by molar-refractivity contribution is 5.94. The van der Waals surface area contributed by atoms with Gasteiger partial charge in [-0.3, -0.25) is 9.69 Å². The average molecular weight is 382 g/mol. The van der Waals surface area contributed by atoms with Crippen LogP contribution in [-0.4, -0.2) is 52.8 Å². The van der Waals surface area contributed by atoms with E-state index >= 15 is 0 Å². The zero-order valence-corrected chi connectivity index (χ0v) is 14.9. The molecule has 1 amide bonds. The number of nitrogens with zero attached hydrogens (tertiary/aromatic N) is 3. The molecule has 6 nitrogen and oxygen atoms in total. The van der Waals surface area contributed by atoms with E-state index in [1.54, 1.807) is 24.3 Å². The zero-order chi connectivity index (χ0) is 19.4. The second kappa shape index (κ2) is 8.08. The molecule has 0 unspecified atom stereocenters. The first-order chi connectivity index (χ1) is 12.8. The molecule has 1 saturated heterocycles. The third kappa shape index (κ3) is 5.29. The number of likely N-dealkylation sites (tertiary alicyclic amines) is 1. The van der Waals surface area contributed by atoms with Crippen molar-refractivity contribution in [2.75, 3.05) is 19.6 Å². The number of piperidine rings is 1. The van der Waals surface area contributed by atoms with Crippen LogP contribution in [0.1, 0.15) is 30.1 Å². The van der Waals surface area contributed by atoms with Crippen LogP contribution < -0.4 is 5.32 Å². The van der Waals surface area contributed by atoms with Crippen molar-refractivity contribution in [3.8, 4) is 11.4 Å². The van der Waals surface area contributed by atoms with E-state index < -0.39 is 12.7 Å². The predicted molar refractivity (Wildman–Crippen MR) is 91.9 cm³/mol. The first-order valence-corrected chi connectivity index (χ1v) is 8.78. The Morgan fingerprint density at radius 3 is 2.52 bits per heavy atom. The van der Waals surface area contributed by atoms with Crippen molar-refractivity contribution in [1.29, 1.82) is 0 Å². The van der Waals surface area contributed by atoms with Gasteiger partial charge in [0.15, 0.2) is 0 Å². The van der Waals surface area contributed by atoms with Crippen LogP contribution in [0.5, 0.6) is 0 Å². The third-order valence-electron chi connectivity index (χ3n) is 4.87. The van der Waals surface area contributed by atoms with E-state index in [0.29, 0.717) is 37.3 Å². The fraction of sp³-hybridized carbons (Fsp3) is 0.500. The van der Waals surface area contributed by atoms with Gasteiger partial charge in [-0.25, -0.2) is 0 Å². The molecule has 1 aliphatic heterocycles. The molecule has 2 heterocycles. The number of carbonyl (C=O) groups excluding carboxylic acids is 1. The van der Waals surface area contributed by atoms with Crippen molar-refractivity contribution in [3.05, 3.63) is 36.2 Å². The van der Waals surface area contributed by atoms with Gasteiger partial charge in [-0.2, -0.15) is 18.2 Å². The Hall–Kier alpha value is -2.42. The van der Waals surface area contributed by atoms with Crippen molar-refractivity contribution < 1.29 is 22.5 Å². The van der Waals surface area contributed by atoms with Gasteiger partial charge < -0.3 is 9.84 Å². The summed E-state index contributed by atoms with van der Waals surface area (Å²) in [4.78, 5) is 17.8. The number of nitrogens with one attached hydrogen (secondary N) is 1. The molecule has 0 saturated carbocycles. The summed E-state index contributed by atoms with van der Waals surface area (Å²) in [6.07, 6.45) is -1.67. The van der Waals surface area contributed by atoms with E-state index in [9.17, 15) is 18.0 Å². The highest BCUT2D eigenvalue weighted by atomic mass is 19.4. The topological polar surface area (TPSA) is 71.3 Å². The number of halogens is 3. The Kier molecular flexibility index (Phi) is 5.79. The third-order valence-corrected chi connectivity index (χ3v) is 4.87. The van der Waals surface area contributed by atoms with Crippen LogP contribution in [0.3, 0.4) is 0 Å². The summed E-state index contributed by atoms with van der Waals surface area (Å²) in [5.74, 6) is 0.401. The molecule has 1 aliphatic rings. The molecule has 1 atom stereocenters. The fourth-order valence-corrected chi connectivity index (χ4v) is 3.34. The summed E-state index contributed by atoms with van der Waals surface area (Å²) in [6, 6.07) is 6.72. The van der Waals surface area contributed by atoms with E-state index in [-0.39, 0.29) is 17.9 Å². The molecule has 9 heteroatoms. The van der Waals surface area contributed by atoms with Gasteiger partial charge >= 0.3 is 6.18 Å². The first kappa shape index (κ1) is 19.3. The van der Waals surface area contributed by atoms with Crippen molar-refractivity contribution in [2.45, 2.75) is 32.0 Å². The highest BCUT2D eigenvalue weighted by Crippen LogP contribution is 2.24. The van der Waals surface area contributed by atoms with Gasteiger partial charge in [0.1, 0.15) is 0 Å². The van der Waals surface area contributed by atoms with Gasteiger partial charge in [0, 0.05) is 17.2 Å². The second-order valence-corrected chi connectivity index (χ2v) is 6.82. The number of aromatic nitrogens is 2. The summed E-state index contributed by atoms with van der Waals surface area (Å²) in [5, 5.41) is 6.69. The van der Waals surface area contributed by atoms with Gasteiger partial charge in [0.25, 0.3) is 5.91 Å². The minimum absolute atomic E-state index is 0.109. The van der Waals surface area contributed by atoms with Gasteiger partial charge in [-0.1, -0.05) is 17.3 Å². The lowest BCUT2D eigenvalue weighted by Crippen LogP contribution is -2.46. The summed E-state index contributed by atoms with van der Waals surface area (Å²) >= 11 is 0. The van der Waals surface area contributed by atoms with E-state index in [0.717, 1.165) is 5.56 Å². The summed E-state index contributed by atoms with van der Waals surface area (Å²) in [7, 11) is 0. The summed E-state index contributed by atoms with van der Waals surface area (Å²) in [5.41, 5.74) is 1.24. The van der Waals surface area contributed by atoms with Crippen molar-refractivity contribution in [1.82, 2.24) is 20.4 Å². The molecular formula is C18H21F3N4O2. The van der Waals surface area contributed by atoms with Crippen LogP contribution in [0.4, 0.5) is 13.2 Å². The number of hydrogen-bond donors (Lipinski definition) is 1. The molecule has 1 aromatic heterocycles. The number of amides is 1. The maximum atomic E-state index is 12.5. The van der Waals surface area contributed by atoms with Gasteiger partial charge in [-0.15, -0.1) is 0 Å². The first-order valence-electron chi connectivity index (χ1n) is 8.78. The van der Waals surface area contributed by atoms with E-state index in [1.165, 1.54) is 11.3 Å². The zero-order valence-electron chi connectivity index (χ0n) is 14.9. The SMILES string of the molecule is C[C@H](NC(=O)c1ccc(-c2ncon2)cc1)C1CCN(CC(F)(F)F)CC1. The smallest absolute Gasteiger partial charge is 0.349 e. The van der Waals surface area contributed by atoms with Crippen molar-refractivity contribution in [2.24, 2.45) is 5.92 Å². The number of alkyl halides is 3. The molecule has 0 aliphatic carbocycles. The number of rotatable bonds is 5. The monoisotopic (exact) mass is 382 g/mol. The molecule has 1 aromatic carbocycles. The Balaban J connectivity index is 1.51. The number of hydrogen-bond acceptors (Lipinski definition) is 5. The lowest BCUT2D eigenvalue weighted by molar-refractivity contribution is -0.148. The number of carbonyl (C=O) groups is 1. The van der Waals surface area contributed by atoms with Crippen LogP contribution in [0.2, 0.25) is 0 Å². The molecule has 3 rings (SSSR count). The standard InChI is InChI=1S/C18H21F3N4O2/c1-12(13-6-8-25(9-7-13)10-18(19,20)21)23-17(26)15-4-2-14(3-5-15)16-22-11-27-24-16/h2-5,11-13H,6-10H2,1H3,(H,23,26)/t12-/m0/s1. The van der Waals surface area contributed by atoms with Crippen LogP contribution in [-0.2, 0) is 0 Å². The van der Waals surface area contributed by atoms with Crippen LogP contribution in [0, 0.1) is 5.92 Å². The molecule has 146 valence electrons. The minimum atomic E-state index is -4.17. The molecule has 2 aromatic rings. The van der Waals surface area contributed by atoms with Crippen LogP contribution in [0.15, 0.2) is 35.2 Å². The summed E-state index contributed by atoms with van der Waals surface area (Å²) in [6.45, 7) is 1.82. The van der Waals surface area contributed by atoms with Crippen LogP contribution >= 0.6 is 0 Å². The molecule has 0 spiro atoms. The lowest BCUT2D eigenvalue weighted by Gasteiger charge is -2.35. The van der Waals surface area contributed by atoms with Gasteiger partial charge in [-0.05, 0) is 50.9 Å². The molecule has 0 radical (unpaired) electrons. The molecule has 1 N–H and O–H groups in total.